The van der Waals surface area contributed by atoms with Crippen molar-refractivity contribution in [1.82, 2.24) is 0 Å². The fourth-order valence-corrected chi connectivity index (χ4v) is 10.0. The number of carbonyl (C=O) groups is 2. The molecule has 0 aliphatic carbocycles. The molecule has 0 aliphatic rings. The Balaban J connectivity index is 4.08. The molecule has 0 aromatic carbocycles. The molecule has 0 N–H and O–H groups in total. The quantitative estimate of drug-likeness (QED) is 0.0195. The average Bonchev–Trinajstić information content (AvgIpc) is 3.61. The zero-order chi connectivity index (χ0) is 61.2. The molecule has 0 aliphatic heterocycles. The number of phosphoric acid groups is 1. The monoisotopic (exact) mass is 1190 g/mol. The Morgan fingerprint density at radius 3 is 0.952 bits per heavy atom. The summed E-state index contributed by atoms with van der Waals surface area (Å²) in [5.74, 6) is -0.833. The number of rotatable bonds is 62. The van der Waals surface area contributed by atoms with Gasteiger partial charge in [-0.05, 0) is 103 Å². The zero-order valence-corrected chi connectivity index (χ0v) is 55.7. The maximum Gasteiger partial charge on any atom is 0.306 e. The third-order valence-electron chi connectivity index (χ3n) is 14.5. The van der Waals surface area contributed by atoms with Gasteiger partial charge < -0.3 is 27.9 Å². The van der Waals surface area contributed by atoms with E-state index < -0.39 is 26.5 Å². The number of nitrogens with zero attached hydrogens (tertiary/aromatic N) is 1. The summed E-state index contributed by atoms with van der Waals surface area (Å²) in [6, 6.07) is 0. The van der Waals surface area contributed by atoms with E-state index in [0.29, 0.717) is 17.4 Å². The summed E-state index contributed by atoms with van der Waals surface area (Å²) in [4.78, 5) is 38.1. The van der Waals surface area contributed by atoms with Gasteiger partial charge >= 0.3 is 11.9 Å². The number of carbonyl (C=O) groups excluding carboxylic acids is 2. The molecule has 0 fully saturated rings. The van der Waals surface area contributed by atoms with Gasteiger partial charge in [-0.1, -0.05) is 289 Å². The standard InChI is InChI=1S/C74H128NO8P/c1-6-8-10-12-14-16-18-20-22-24-26-28-30-32-34-36-37-39-41-43-45-47-49-51-53-55-57-59-61-63-65-67-74(77)83-72(71-82-84(78,79)81-69-68-75(3,4)5)70-80-73(76)66-64-62-60-58-56-54-52-50-48-46-44-42-40-38-35-33-31-29-27-25-23-21-19-17-15-13-11-9-7-2/h8-11,14-17,20-23,26-29,32,34,37,39,72H,6-7,12-13,18-19,24-25,30-31,33,35-36,38,40-71H2,1-5H3/b10-8-,11-9-,16-14-,17-15-,22-20-,23-21-,28-26-,29-27-,34-32-,39-37-. The van der Waals surface area contributed by atoms with Gasteiger partial charge in [0.1, 0.15) is 19.8 Å². The van der Waals surface area contributed by atoms with Crippen molar-refractivity contribution in [2.45, 2.75) is 290 Å². The van der Waals surface area contributed by atoms with E-state index in [0.717, 1.165) is 103 Å². The molecule has 0 saturated carbocycles. The second kappa shape index (κ2) is 63.9. The van der Waals surface area contributed by atoms with Crippen LogP contribution in [0, 0.1) is 0 Å². The summed E-state index contributed by atoms with van der Waals surface area (Å²) in [7, 11) is 1.16. The minimum absolute atomic E-state index is 0.0353. The SMILES string of the molecule is CC/C=C\C/C=C\C/C=C\C/C=C\C/C=C\C/C=C\CCCCCCCCCCCCCCC(=O)OC(COC(=O)CCCCCCCCCCCCCCCCCC/C=C\C/C=C\C/C=C\C/C=C\CC)COP(=O)([O-])OCC[N+](C)(C)C. The van der Waals surface area contributed by atoms with E-state index in [9.17, 15) is 19.0 Å². The highest BCUT2D eigenvalue weighted by molar-refractivity contribution is 7.45. The molecule has 0 amide bonds. The summed E-state index contributed by atoms with van der Waals surface area (Å²) in [5, 5.41) is 0. The van der Waals surface area contributed by atoms with Crippen molar-refractivity contribution < 1.29 is 42.1 Å². The van der Waals surface area contributed by atoms with Gasteiger partial charge in [0.2, 0.25) is 0 Å². The molecule has 0 rings (SSSR count). The van der Waals surface area contributed by atoms with Crippen LogP contribution in [0.5, 0.6) is 0 Å². The molecule has 10 heteroatoms. The van der Waals surface area contributed by atoms with Crippen LogP contribution in [0.3, 0.4) is 0 Å². The Kier molecular flexibility index (Phi) is 61.2. The average molecular weight is 1190 g/mol. The number of allylic oxidation sites excluding steroid dienone is 20. The van der Waals surface area contributed by atoms with Gasteiger partial charge in [0.05, 0.1) is 27.7 Å². The van der Waals surface area contributed by atoms with Crippen LogP contribution in [0.15, 0.2) is 122 Å². The maximum absolute atomic E-state index is 12.9. The highest BCUT2D eigenvalue weighted by atomic mass is 31.2. The number of phosphoric ester groups is 1. The van der Waals surface area contributed by atoms with Crippen molar-refractivity contribution in [1.29, 1.82) is 0 Å². The predicted molar refractivity (Wildman–Crippen MR) is 360 cm³/mol. The highest BCUT2D eigenvalue weighted by Gasteiger charge is 2.22. The molecular formula is C74H128NO8P. The molecule has 0 saturated heterocycles. The smallest absolute Gasteiger partial charge is 0.306 e. The Morgan fingerprint density at radius 2 is 0.643 bits per heavy atom. The van der Waals surface area contributed by atoms with Crippen molar-refractivity contribution in [2.24, 2.45) is 0 Å². The second-order valence-electron chi connectivity index (χ2n) is 23.8. The molecule has 0 spiro atoms. The molecule has 0 bridgehead atoms. The van der Waals surface area contributed by atoms with Crippen LogP contribution < -0.4 is 4.89 Å². The van der Waals surface area contributed by atoms with Crippen LogP contribution in [0.2, 0.25) is 0 Å². The second-order valence-corrected chi connectivity index (χ2v) is 25.2. The van der Waals surface area contributed by atoms with E-state index in [4.69, 9.17) is 18.5 Å². The molecule has 2 atom stereocenters. The molecule has 0 aromatic rings. The van der Waals surface area contributed by atoms with Gasteiger partial charge in [-0.15, -0.1) is 0 Å². The summed E-state index contributed by atoms with van der Waals surface area (Å²) in [5.41, 5.74) is 0. The predicted octanol–water partition coefficient (Wildman–Crippen LogP) is 21.6. The molecule has 84 heavy (non-hydrogen) atoms. The number of hydrogen-bond acceptors (Lipinski definition) is 8. The minimum Gasteiger partial charge on any atom is -0.756 e. The molecule has 482 valence electrons. The lowest BCUT2D eigenvalue weighted by Gasteiger charge is -2.28. The highest BCUT2D eigenvalue weighted by Crippen LogP contribution is 2.38. The fraction of sp³-hybridized carbons (Fsp3) is 0.703. The Morgan fingerprint density at radius 1 is 0.369 bits per heavy atom. The first-order valence-electron chi connectivity index (χ1n) is 34.2. The zero-order valence-electron chi connectivity index (χ0n) is 54.8. The summed E-state index contributed by atoms with van der Waals surface area (Å²) in [6.45, 7) is 4.03. The first-order valence-corrected chi connectivity index (χ1v) is 35.7. The number of hydrogen-bond donors (Lipinski definition) is 0. The van der Waals surface area contributed by atoms with E-state index >= 15 is 0 Å². The summed E-state index contributed by atoms with van der Waals surface area (Å²) >= 11 is 0. The fourth-order valence-electron chi connectivity index (χ4n) is 9.30. The molecular weight excluding hydrogens is 1060 g/mol. The number of unbranched alkanes of at least 4 members (excludes halogenated alkanes) is 28. The third-order valence-corrected chi connectivity index (χ3v) is 15.4. The van der Waals surface area contributed by atoms with Crippen molar-refractivity contribution in [3.05, 3.63) is 122 Å². The summed E-state index contributed by atoms with van der Waals surface area (Å²) in [6.07, 6.45) is 91.2. The molecule has 2 unspecified atom stereocenters. The van der Waals surface area contributed by atoms with Gasteiger partial charge in [-0.3, -0.25) is 14.2 Å². The third kappa shape index (κ3) is 67.5. The van der Waals surface area contributed by atoms with Gasteiger partial charge in [0.15, 0.2) is 6.10 Å². The van der Waals surface area contributed by atoms with Gasteiger partial charge in [-0.2, -0.15) is 0 Å². The number of likely N-dealkylation sites (N-methyl/N-ethyl adjacent to an activating group) is 1. The molecule has 0 radical (unpaired) electrons. The van der Waals surface area contributed by atoms with Crippen LogP contribution in [-0.2, 0) is 32.7 Å². The van der Waals surface area contributed by atoms with Gasteiger partial charge in [0, 0.05) is 12.8 Å². The summed E-state index contributed by atoms with van der Waals surface area (Å²) < 4.78 is 34.3. The number of esters is 2. The van der Waals surface area contributed by atoms with Crippen LogP contribution in [0.25, 0.3) is 0 Å². The van der Waals surface area contributed by atoms with Crippen molar-refractivity contribution in [3.63, 3.8) is 0 Å². The lowest BCUT2D eigenvalue weighted by atomic mass is 10.0. The van der Waals surface area contributed by atoms with Crippen LogP contribution in [0.1, 0.15) is 284 Å². The van der Waals surface area contributed by atoms with E-state index in [1.54, 1.807) is 0 Å². The van der Waals surface area contributed by atoms with Crippen molar-refractivity contribution in [3.8, 4) is 0 Å². The number of quaternary nitrogens is 1. The van der Waals surface area contributed by atoms with Crippen molar-refractivity contribution >= 4 is 19.8 Å². The Hall–Kier alpha value is -3.59. The molecule has 0 aromatic heterocycles. The lowest BCUT2D eigenvalue weighted by molar-refractivity contribution is -0.870. The van der Waals surface area contributed by atoms with E-state index in [1.807, 2.05) is 21.1 Å². The Bertz CT molecular complexity index is 1830. The molecule has 0 heterocycles. The normalized spacial score (nSPS) is 13.9. The lowest BCUT2D eigenvalue weighted by Crippen LogP contribution is -2.37. The van der Waals surface area contributed by atoms with Gasteiger partial charge in [-0.25, -0.2) is 0 Å². The van der Waals surface area contributed by atoms with Crippen molar-refractivity contribution in [2.75, 3.05) is 47.5 Å². The largest absolute Gasteiger partial charge is 0.756 e. The number of ether oxygens (including phenoxy) is 2. The van der Waals surface area contributed by atoms with Gasteiger partial charge in [0.25, 0.3) is 7.82 Å². The maximum atomic E-state index is 12.9. The topological polar surface area (TPSA) is 111 Å². The van der Waals surface area contributed by atoms with Crippen LogP contribution in [-0.4, -0.2) is 70.0 Å². The van der Waals surface area contributed by atoms with E-state index in [1.165, 1.54) is 148 Å². The molecule has 9 nitrogen and oxygen atoms in total. The Labute approximate surface area is 518 Å². The first kappa shape index (κ1) is 80.4. The minimum atomic E-state index is -4.65. The van der Waals surface area contributed by atoms with E-state index in [2.05, 4.69) is 135 Å². The van der Waals surface area contributed by atoms with Crippen LogP contribution in [0.4, 0.5) is 0 Å². The van der Waals surface area contributed by atoms with E-state index in [-0.39, 0.29) is 32.0 Å². The van der Waals surface area contributed by atoms with Crippen LogP contribution >= 0.6 is 7.82 Å². The first-order chi connectivity index (χ1) is 41.0.